The van der Waals surface area contributed by atoms with Gasteiger partial charge in [0.25, 0.3) is 0 Å². The third-order valence-corrected chi connectivity index (χ3v) is 6.23. The van der Waals surface area contributed by atoms with E-state index < -0.39 is 9.84 Å². The smallest absolute Gasteiger partial charge is 0.150 e. The molecular weight excluding hydrogens is 234 g/mol. The van der Waals surface area contributed by atoms with Gasteiger partial charge < -0.3 is 5.32 Å². The van der Waals surface area contributed by atoms with Crippen molar-refractivity contribution in [1.82, 2.24) is 5.32 Å². The van der Waals surface area contributed by atoms with E-state index in [0.717, 1.165) is 31.6 Å². The lowest BCUT2D eigenvalue weighted by Gasteiger charge is -2.37. The Kier molecular flexibility index (Phi) is 4.14. The van der Waals surface area contributed by atoms with Gasteiger partial charge in [-0.05, 0) is 44.9 Å². The second-order valence-corrected chi connectivity index (χ2v) is 8.29. The van der Waals surface area contributed by atoms with Gasteiger partial charge >= 0.3 is 0 Å². The molecule has 0 aliphatic heterocycles. The fourth-order valence-electron chi connectivity index (χ4n) is 3.13. The number of rotatable bonds is 4. The molecule has 2 aliphatic carbocycles. The van der Waals surface area contributed by atoms with Crippen molar-refractivity contribution in [2.24, 2.45) is 5.92 Å². The van der Waals surface area contributed by atoms with Crippen molar-refractivity contribution in [2.75, 3.05) is 6.26 Å². The summed E-state index contributed by atoms with van der Waals surface area (Å²) in [6.07, 6.45) is 9.30. The van der Waals surface area contributed by atoms with E-state index >= 15 is 0 Å². The van der Waals surface area contributed by atoms with Crippen LogP contribution >= 0.6 is 0 Å². The molecule has 2 saturated carbocycles. The highest BCUT2D eigenvalue weighted by Crippen LogP contribution is 2.31. The average molecular weight is 259 g/mol. The van der Waals surface area contributed by atoms with Crippen molar-refractivity contribution in [3.8, 4) is 0 Å². The number of hydrogen-bond donors (Lipinski definition) is 1. The van der Waals surface area contributed by atoms with Gasteiger partial charge in [0.2, 0.25) is 0 Å². The molecule has 17 heavy (non-hydrogen) atoms. The molecule has 2 fully saturated rings. The molecule has 0 bridgehead atoms. The van der Waals surface area contributed by atoms with Crippen LogP contribution in [0.15, 0.2) is 0 Å². The monoisotopic (exact) mass is 259 g/mol. The Morgan fingerprint density at radius 1 is 1.12 bits per heavy atom. The highest BCUT2D eigenvalue weighted by atomic mass is 32.2. The number of nitrogens with one attached hydrogen (secondary N) is 1. The van der Waals surface area contributed by atoms with Crippen molar-refractivity contribution >= 4 is 9.84 Å². The zero-order valence-corrected chi connectivity index (χ0v) is 11.8. The largest absolute Gasteiger partial charge is 0.311 e. The van der Waals surface area contributed by atoms with Crippen LogP contribution in [-0.4, -0.2) is 32.0 Å². The van der Waals surface area contributed by atoms with Gasteiger partial charge in [0.1, 0.15) is 9.84 Å². The predicted octanol–water partition coefficient (Wildman–Crippen LogP) is 2.12. The SMILES string of the molecule is CC(NC1CCCC(S(C)(=O)=O)C1)C1CCC1. The molecule has 4 heteroatoms. The molecule has 0 amide bonds. The Balaban J connectivity index is 1.84. The molecule has 0 aromatic heterocycles. The van der Waals surface area contributed by atoms with Crippen molar-refractivity contribution in [1.29, 1.82) is 0 Å². The van der Waals surface area contributed by atoms with Gasteiger partial charge in [-0.1, -0.05) is 12.8 Å². The van der Waals surface area contributed by atoms with Crippen LogP contribution < -0.4 is 5.32 Å². The first-order chi connectivity index (χ1) is 7.97. The lowest BCUT2D eigenvalue weighted by molar-refractivity contribution is 0.212. The van der Waals surface area contributed by atoms with E-state index in [4.69, 9.17) is 0 Å². The second kappa shape index (κ2) is 5.27. The summed E-state index contributed by atoms with van der Waals surface area (Å²) in [6, 6.07) is 0.978. The Morgan fingerprint density at radius 2 is 1.76 bits per heavy atom. The first kappa shape index (κ1) is 13.3. The minimum atomic E-state index is -2.85. The van der Waals surface area contributed by atoms with Crippen molar-refractivity contribution in [3.05, 3.63) is 0 Å². The minimum Gasteiger partial charge on any atom is -0.311 e. The Morgan fingerprint density at radius 3 is 2.29 bits per heavy atom. The molecule has 0 spiro atoms. The molecule has 0 saturated heterocycles. The fourth-order valence-corrected chi connectivity index (χ4v) is 4.31. The summed E-state index contributed by atoms with van der Waals surface area (Å²) >= 11 is 0. The van der Waals surface area contributed by atoms with Crippen LogP contribution in [0.3, 0.4) is 0 Å². The van der Waals surface area contributed by atoms with E-state index in [2.05, 4.69) is 12.2 Å². The van der Waals surface area contributed by atoms with Gasteiger partial charge in [-0.3, -0.25) is 0 Å². The number of sulfone groups is 1. The molecule has 0 heterocycles. The number of hydrogen-bond acceptors (Lipinski definition) is 3. The van der Waals surface area contributed by atoms with Crippen molar-refractivity contribution in [2.45, 2.75) is 69.2 Å². The molecule has 2 rings (SSSR count). The zero-order valence-electron chi connectivity index (χ0n) is 11.0. The minimum absolute atomic E-state index is 0.109. The Labute approximate surface area is 105 Å². The van der Waals surface area contributed by atoms with Crippen molar-refractivity contribution < 1.29 is 8.42 Å². The van der Waals surface area contributed by atoms with E-state index in [1.807, 2.05) is 0 Å². The maximum atomic E-state index is 11.6. The van der Waals surface area contributed by atoms with Crippen LogP contribution in [-0.2, 0) is 9.84 Å². The maximum absolute atomic E-state index is 11.6. The van der Waals surface area contributed by atoms with E-state index in [-0.39, 0.29) is 5.25 Å². The van der Waals surface area contributed by atoms with E-state index in [9.17, 15) is 8.42 Å². The molecule has 1 N–H and O–H groups in total. The standard InChI is InChI=1S/C13H25NO2S/c1-10(11-5-3-6-11)14-12-7-4-8-13(9-12)17(2,15)16/h10-14H,3-9H2,1-2H3. The summed E-state index contributed by atoms with van der Waals surface area (Å²) in [6.45, 7) is 2.26. The quantitative estimate of drug-likeness (QED) is 0.841. The fraction of sp³-hybridized carbons (Fsp3) is 1.00. The van der Waals surface area contributed by atoms with Gasteiger partial charge in [0, 0.05) is 18.3 Å². The third-order valence-electron chi connectivity index (χ3n) is 4.59. The van der Waals surface area contributed by atoms with Crippen LogP contribution in [0.1, 0.15) is 51.9 Å². The first-order valence-electron chi connectivity index (χ1n) is 6.91. The summed E-state index contributed by atoms with van der Waals surface area (Å²) in [5.74, 6) is 0.827. The van der Waals surface area contributed by atoms with Gasteiger partial charge in [0.05, 0.1) is 5.25 Å². The van der Waals surface area contributed by atoms with Crippen LogP contribution in [0.2, 0.25) is 0 Å². The van der Waals surface area contributed by atoms with E-state index in [1.165, 1.54) is 25.5 Å². The van der Waals surface area contributed by atoms with Gasteiger partial charge in [-0.25, -0.2) is 8.42 Å². The van der Waals surface area contributed by atoms with Gasteiger partial charge in [-0.15, -0.1) is 0 Å². The van der Waals surface area contributed by atoms with Crippen molar-refractivity contribution in [3.63, 3.8) is 0 Å². The molecule has 0 aromatic rings. The molecule has 3 nitrogen and oxygen atoms in total. The first-order valence-corrected chi connectivity index (χ1v) is 8.87. The third kappa shape index (κ3) is 3.44. The van der Waals surface area contributed by atoms with Crippen LogP contribution in [0, 0.1) is 5.92 Å². The van der Waals surface area contributed by atoms with Crippen LogP contribution in [0.5, 0.6) is 0 Å². The highest BCUT2D eigenvalue weighted by Gasteiger charge is 2.31. The molecule has 2 aliphatic rings. The zero-order chi connectivity index (χ0) is 12.5. The Bertz CT molecular complexity index is 348. The molecule has 3 unspecified atom stereocenters. The van der Waals surface area contributed by atoms with Gasteiger partial charge in [0.15, 0.2) is 0 Å². The maximum Gasteiger partial charge on any atom is 0.150 e. The lowest BCUT2D eigenvalue weighted by Crippen LogP contribution is -2.46. The molecule has 3 atom stereocenters. The average Bonchev–Trinajstić information content (AvgIpc) is 2.13. The highest BCUT2D eigenvalue weighted by molar-refractivity contribution is 7.91. The van der Waals surface area contributed by atoms with Crippen LogP contribution in [0.4, 0.5) is 0 Å². The summed E-state index contributed by atoms with van der Waals surface area (Å²) in [5.41, 5.74) is 0. The molecule has 0 aromatic carbocycles. The Hall–Kier alpha value is -0.0900. The lowest BCUT2D eigenvalue weighted by atomic mass is 9.79. The topological polar surface area (TPSA) is 46.2 Å². The molecule has 0 radical (unpaired) electrons. The summed E-state index contributed by atoms with van der Waals surface area (Å²) in [5, 5.41) is 3.55. The van der Waals surface area contributed by atoms with E-state index in [1.54, 1.807) is 0 Å². The summed E-state index contributed by atoms with van der Waals surface area (Å²) in [4.78, 5) is 0. The van der Waals surface area contributed by atoms with E-state index in [0.29, 0.717) is 12.1 Å². The van der Waals surface area contributed by atoms with Gasteiger partial charge in [-0.2, -0.15) is 0 Å². The summed E-state index contributed by atoms with van der Waals surface area (Å²) < 4.78 is 23.2. The molecule has 100 valence electrons. The predicted molar refractivity (Wildman–Crippen MR) is 70.8 cm³/mol. The second-order valence-electron chi connectivity index (χ2n) is 5.96. The molecular formula is C13H25NO2S. The normalized spacial score (nSPS) is 33.1. The summed E-state index contributed by atoms with van der Waals surface area (Å²) in [7, 11) is -2.85. The van der Waals surface area contributed by atoms with Crippen LogP contribution in [0.25, 0.3) is 0 Å².